The molecule has 0 aromatic carbocycles. The fourth-order valence-corrected chi connectivity index (χ4v) is 0. The molecule has 0 unspecified atom stereocenters. The maximum absolute atomic E-state index is 8.56. The molecule has 0 bridgehead atoms. The minimum atomic E-state index is -3.95. The molecule has 0 aromatic rings. The summed E-state index contributed by atoms with van der Waals surface area (Å²) in [5.74, 6) is 0. The molecule has 0 aliphatic rings. The fourth-order valence-electron chi connectivity index (χ4n) is 0. The van der Waals surface area contributed by atoms with E-state index in [-0.39, 0.29) is 6.15 Å². The van der Waals surface area contributed by atoms with E-state index in [1.165, 1.54) is 0 Å². The van der Waals surface area contributed by atoms with E-state index in [1.807, 2.05) is 0 Å². The summed E-state index contributed by atoms with van der Waals surface area (Å²) in [6.45, 7) is 0. The van der Waals surface area contributed by atoms with Gasteiger partial charge in [-0.2, -0.15) is 0 Å². The van der Waals surface area contributed by atoms with Crippen LogP contribution in [0.5, 0.6) is 0 Å². The molecule has 0 aliphatic carbocycles. The van der Waals surface area contributed by atoms with Crippen LogP contribution in [0, 0.1) is 0 Å². The summed E-state index contributed by atoms with van der Waals surface area (Å²) in [7, 11) is 0. The average Bonchev–Trinajstić information content (AvgIpc) is 0.811. The molecule has 0 saturated heterocycles. The third-order valence-electron chi connectivity index (χ3n) is 0. The van der Waals surface area contributed by atoms with E-state index in [1.54, 1.807) is 0 Å². The molecule has 0 aromatic heterocycles. The van der Waals surface area contributed by atoms with Crippen LogP contribution in [-0.2, 0) is 28.1 Å². The molecule has 0 spiro atoms. The van der Waals surface area contributed by atoms with Gasteiger partial charge >= 0.3 is 28.1 Å². The summed E-state index contributed by atoms with van der Waals surface area (Å²) < 4.78 is 25.7. The quantitative estimate of drug-likeness (QED) is 0.612. The summed E-state index contributed by atoms with van der Waals surface area (Å²) >= 11 is -3.95. The van der Waals surface area contributed by atoms with Crippen molar-refractivity contribution in [2.45, 2.75) is 0 Å². The van der Waals surface area contributed by atoms with Gasteiger partial charge in [0.05, 0.1) is 0 Å². The van der Waals surface area contributed by atoms with Crippen molar-refractivity contribution in [2.75, 3.05) is 0 Å². The fraction of sp³-hybridized carbons (Fsp3) is 0. The van der Waals surface area contributed by atoms with Crippen molar-refractivity contribution in [3.63, 3.8) is 0 Å². The maximum atomic E-state index is 8.56. The first-order chi connectivity index (χ1) is 1.73. The van der Waals surface area contributed by atoms with E-state index in [2.05, 4.69) is 0 Å². The predicted octanol–water partition coefficient (Wildman–Crippen LogP) is -0.197. The molecule has 4 nitrogen and oxygen atoms in total. The van der Waals surface area contributed by atoms with E-state index in [4.69, 9.17) is 9.75 Å². The third-order valence-corrected chi connectivity index (χ3v) is 0. The van der Waals surface area contributed by atoms with Gasteiger partial charge in [0.1, 0.15) is 0 Å². The first-order valence-corrected chi connectivity index (χ1v) is 3.02. The van der Waals surface area contributed by atoms with Crippen LogP contribution in [0.25, 0.3) is 0 Å². The first-order valence-electron chi connectivity index (χ1n) is 0.369. The monoisotopic (exact) mass is 262 g/mol. The second-order valence-corrected chi connectivity index (χ2v) is 1.23. The Hall–Kier alpha value is 0.100. The first kappa shape index (κ1) is 8.92. The zero-order valence-corrected chi connectivity index (χ0v) is 4.40. The standard InChI is InChI=1S/Au.H3N.3O/h;1H3;;;. The zero-order valence-electron chi connectivity index (χ0n) is 2.23. The zero-order chi connectivity index (χ0) is 3.58. The van der Waals surface area contributed by atoms with Crippen molar-refractivity contribution in [2.24, 2.45) is 0 Å². The SMILES string of the molecule is N.[O]=[Au](=[O])=[O]. The van der Waals surface area contributed by atoms with E-state index < -0.39 is 18.4 Å². The molecule has 0 saturated carbocycles. The Morgan fingerprint density at radius 2 is 1.00 bits per heavy atom. The van der Waals surface area contributed by atoms with Gasteiger partial charge in [-0.25, -0.2) is 0 Å². The van der Waals surface area contributed by atoms with Gasteiger partial charge in [-0.1, -0.05) is 0 Å². The second kappa shape index (κ2) is 4.10. The van der Waals surface area contributed by atoms with Crippen LogP contribution in [0.2, 0.25) is 0 Å². The Morgan fingerprint density at radius 3 is 1.00 bits per heavy atom. The molecule has 5 heavy (non-hydrogen) atoms. The summed E-state index contributed by atoms with van der Waals surface area (Å²) in [5.41, 5.74) is 0. The van der Waals surface area contributed by atoms with Crippen molar-refractivity contribution in [3.8, 4) is 0 Å². The van der Waals surface area contributed by atoms with Gasteiger partial charge < -0.3 is 6.15 Å². The minimum absolute atomic E-state index is 0. The topological polar surface area (TPSA) is 86.2 Å². The van der Waals surface area contributed by atoms with Crippen molar-refractivity contribution in [1.82, 2.24) is 6.15 Å². The molecule has 0 aliphatic heterocycles. The summed E-state index contributed by atoms with van der Waals surface area (Å²) in [4.78, 5) is 0. The van der Waals surface area contributed by atoms with Gasteiger partial charge in [0.2, 0.25) is 0 Å². The summed E-state index contributed by atoms with van der Waals surface area (Å²) in [5, 5.41) is 0. The molecule has 0 rings (SSSR count). The van der Waals surface area contributed by atoms with Crippen molar-refractivity contribution < 1.29 is 28.1 Å². The molecule has 0 amide bonds. The van der Waals surface area contributed by atoms with Crippen LogP contribution in [0.1, 0.15) is 0 Å². The number of hydrogen-bond acceptors (Lipinski definition) is 4. The molecular formula is H3AuNO3. The van der Waals surface area contributed by atoms with Gasteiger partial charge in [-0.3, -0.25) is 0 Å². The Balaban J connectivity index is 0. The van der Waals surface area contributed by atoms with Crippen molar-refractivity contribution in [1.29, 1.82) is 0 Å². The predicted molar refractivity (Wildman–Crippen MR) is 7.08 cm³/mol. The van der Waals surface area contributed by atoms with E-state index >= 15 is 0 Å². The van der Waals surface area contributed by atoms with Crippen molar-refractivity contribution in [3.05, 3.63) is 0 Å². The molecule has 0 fully saturated rings. The third kappa shape index (κ3) is 1800. The van der Waals surface area contributed by atoms with Gasteiger partial charge in [0.25, 0.3) is 0 Å². The molecule has 37 valence electrons. The van der Waals surface area contributed by atoms with Crippen LogP contribution in [0.4, 0.5) is 0 Å². The Kier molecular flexibility index (Phi) is 7.32. The second-order valence-electron chi connectivity index (χ2n) is 0.151. The Morgan fingerprint density at radius 1 is 1.00 bits per heavy atom. The molecular weight excluding hydrogens is 259 g/mol. The van der Waals surface area contributed by atoms with Crippen LogP contribution in [0.3, 0.4) is 0 Å². The Bertz CT molecular complexity index is 76.3. The van der Waals surface area contributed by atoms with Crippen LogP contribution in [-0.4, -0.2) is 0 Å². The molecule has 0 atom stereocenters. The van der Waals surface area contributed by atoms with Gasteiger partial charge in [0.15, 0.2) is 0 Å². The van der Waals surface area contributed by atoms with Crippen molar-refractivity contribution >= 4 is 0 Å². The summed E-state index contributed by atoms with van der Waals surface area (Å²) in [6.07, 6.45) is 0. The molecule has 3 N–H and O–H groups in total. The number of rotatable bonds is 0. The van der Waals surface area contributed by atoms with E-state index in [0.717, 1.165) is 0 Å². The van der Waals surface area contributed by atoms with Crippen LogP contribution < -0.4 is 6.15 Å². The Labute approximate surface area is 34.9 Å². The normalized spacial score (nSPS) is 8.40. The van der Waals surface area contributed by atoms with E-state index in [0.29, 0.717) is 0 Å². The van der Waals surface area contributed by atoms with Gasteiger partial charge in [-0.05, 0) is 0 Å². The molecule has 0 heterocycles. The van der Waals surface area contributed by atoms with Crippen LogP contribution in [0.15, 0.2) is 0 Å². The molecule has 0 radical (unpaired) electrons. The van der Waals surface area contributed by atoms with Crippen LogP contribution >= 0.6 is 0 Å². The average molecular weight is 262 g/mol. The van der Waals surface area contributed by atoms with E-state index in [9.17, 15) is 0 Å². The van der Waals surface area contributed by atoms with Gasteiger partial charge in [-0.15, -0.1) is 0 Å². The number of hydrogen-bond donors (Lipinski definition) is 1. The summed E-state index contributed by atoms with van der Waals surface area (Å²) in [6, 6.07) is 0. The molecule has 5 heteroatoms. The van der Waals surface area contributed by atoms with Gasteiger partial charge in [0, 0.05) is 0 Å².